The monoisotopic (exact) mass is 628 g/mol. The Morgan fingerprint density at radius 2 is 0.512 bits per heavy atom. The van der Waals surface area contributed by atoms with Crippen LogP contribution in [-0.4, -0.2) is 0 Å². The smallest absolute Gasteiger partial charge is 0.198 e. The van der Waals surface area contributed by atoms with Crippen molar-refractivity contribution in [1.82, 2.24) is 0 Å². The fourth-order valence-corrected chi connectivity index (χ4v) is 7.88. The third kappa shape index (κ3) is 3.99. The van der Waals surface area contributed by atoms with Crippen molar-refractivity contribution >= 4 is 56.2 Å². The molecule has 218 valence electrons. The number of rotatable bonds is 3. The average molecular weight is 628 g/mol. The van der Waals surface area contributed by atoms with Crippen LogP contribution in [0.2, 0.25) is 0 Å². The zero-order chi connectivity index (χ0) is 31.1. The maximum absolute atomic E-state index is 15.4. The average Bonchev–Trinajstić information content (AvgIpc) is 3.02. The zero-order valence-corrected chi connectivity index (χ0v) is 21.6. The van der Waals surface area contributed by atoms with E-state index < -0.39 is 126 Å². The first-order valence-corrected chi connectivity index (χ1v) is 13.3. The molecule has 6 rings (SSSR count). The van der Waals surface area contributed by atoms with Crippen LogP contribution in [0.25, 0.3) is 32.3 Å². The molecule has 0 atom stereocenters. The minimum Gasteiger partial charge on any atom is -0.203 e. The van der Waals surface area contributed by atoms with Gasteiger partial charge in [-0.15, -0.1) is 0 Å². The van der Waals surface area contributed by atoms with E-state index in [0.717, 1.165) is 54.6 Å². The molecule has 0 aliphatic carbocycles. The van der Waals surface area contributed by atoms with Gasteiger partial charge in [0.2, 0.25) is 0 Å². The molecule has 6 aromatic rings. The molecule has 0 N–H and O–H groups in total. The third-order valence-electron chi connectivity index (χ3n) is 6.95. The normalized spacial score (nSPS) is 11.9. The van der Waals surface area contributed by atoms with Crippen LogP contribution >= 0.6 is 7.92 Å². The third-order valence-corrected chi connectivity index (χ3v) is 9.52. The second kappa shape index (κ2) is 10.2. The first-order valence-electron chi connectivity index (χ1n) is 11.9. The molecule has 6 aromatic carbocycles. The van der Waals surface area contributed by atoms with E-state index >= 15 is 13.2 Å². The molecule has 43 heavy (non-hydrogen) atoms. The lowest BCUT2D eigenvalue weighted by Crippen LogP contribution is -2.25. The molecule has 0 aliphatic rings. The molecule has 0 aliphatic heterocycles. The van der Waals surface area contributed by atoms with Gasteiger partial charge in [0.05, 0.1) is 0 Å². The van der Waals surface area contributed by atoms with Gasteiger partial charge >= 0.3 is 0 Å². The van der Waals surface area contributed by atoms with Crippen molar-refractivity contribution in [2.24, 2.45) is 0 Å². The predicted molar refractivity (Wildman–Crippen MR) is 137 cm³/mol. The van der Waals surface area contributed by atoms with Crippen molar-refractivity contribution in [3.8, 4) is 0 Å². The van der Waals surface area contributed by atoms with E-state index in [1.807, 2.05) is 0 Å². The zero-order valence-electron chi connectivity index (χ0n) is 20.7. The molecule has 0 aromatic heterocycles. The summed E-state index contributed by atoms with van der Waals surface area (Å²) in [4.78, 5) is 0. The second-order valence-corrected chi connectivity index (χ2v) is 11.3. The fourth-order valence-electron chi connectivity index (χ4n) is 5.07. The summed E-state index contributed by atoms with van der Waals surface area (Å²) in [6.45, 7) is 0. The summed E-state index contributed by atoms with van der Waals surface area (Å²) in [6, 6.07) is 8.49. The summed E-state index contributed by atoms with van der Waals surface area (Å²) in [5.74, 6) is -24.9. The van der Waals surface area contributed by atoms with Gasteiger partial charge in [-0.05, 0) is 23.8 Å². The van der Waals surface area contributed by atoms with Gasteiger partial charge < -0.3 is 0 Å². The van der Waals surface area contributed by atoms with Crippen molar-refractivity contribution in [3.63, 3.8) is 0 Å². The van der Waals surface area contributed by atoms with E-state index in [2.05, 4.69) is 0 Å². The van der Waals surface area contributed by atoms with Crippen LogP contribution in [0, 0.1) is 69.8 Å². The molecule has 0 radical (unpaired) electrons. The van der Waals surface area contributed by atoms with Crippen LogP contribution in [0.4, 0.5) is 52.7 Å². The quantitative estimate of drug-likeness (QED) is 0.0798. The van der Waals surface area contributed by atoms with Gasteiger partial charge in [0.25, 0.3) is 0 Å². The van der Waals surface area contributed by atoms with Gasteiger partial charge in [-0.2, -0.15) is 0 Å². The minimum atomic E-state index is -2.98. The van der Waals surface area contributed by atoms with E-state index in [9.17, 15) is 39.5 Å². The Labute approximate surface area is 233 Å². The summed E-state index contributed by atoms with van der Waals surface area (Å²) in [7, 11) is -2.98. The van der Waals surface area contributed by atoms with Crippen LogP contribution in [-0.2, 0) is 0 Å². The van der Waals surface area contributed by atoms with Crippen LogP contribution in [0.15, 0.2) is 54.6 Å². The van der Waals surface area contributed by atoms with Gasteiger partial charge in [0.1, 0.15) is 0 Å². The lowest BCUT2D eigenvalue weighted by atomic mass is 10.1. The summed E-state index contributed by atoms with van der Waals surface area (Å²) in [5.41, 5.74) is 0. The highest BCUT2D eigenvalue weighted by Crippen LogP contribution is 2.44. The Bertz CT molecular complexity index is 1930. The minimum absolute atomic E-state index is 0.558. The molecule has 0 nitrogen and oxygen atoms in total. The highest BCUT2D eigenvalue weighted by atomic mass is 31.1. The van der Waals surface area contributed by atoms with E-state index in [1.54, 1.807) is 0 Å². The Balaban J connectivity index is 1.88. The lowest BCUT2D eigenvalue weighted by Gasteiger charge is -2.25. The largest absolute Gasteiger partial charge is 0.203 e. The number of benzene rings is 6. The van der Waals surface area contributed by atoms with Gasteiger partial charge in [-0.3, -0.25) is 0 Å². The topological polar surface area (TPSA) is 0 Å². The lowest BCUT2D eigenvalue weighted by molar-refractivity contribution is 0.418. The van der Waals surface area contributed by atoms with E-state index in [-0.39, 0.29) is 0 Å². The van der Waals surface area contributed by atoms with E-state index in [1.165, 1.54) is 0 Å². The molecule has 13 heteroatoms. The Morgan fingerprint density at radius 1 is 0.279 bits per heavy atom. The molecule has 0 heterocycles. The molecule has 0 unspecified atom stereocenters. The molecular weight excluding hydrogens is 619 g/mol. The molecule has 0 saturated carbocycles. The molecule has 0 saturated heterocycles. The first kappa shape index (κ1) is 28.8. The molecule has 0 amide bonds. The summed E-state index contributed by atoms with van der Waals surface area (Å²) in [6.07, 6.45) is 0. The highest BCUT2D eigenvalue weighted by molar-refractivity contribution is 7.81. The highest BCUT2D eigenvalue weighted by Gasteiger charge is 2.33. The van der Waals surface area contributed by atoms with Crippen LogP contribution in [0.3, 0.4) is 0 Å². The number of fused-ring (bicyclic) bond motifs is 3. The standard InChI is InChI=1S/C30H9F12P/c31-19-10-4-1-7-13(16(10)22(34)28(40)25(19)37)43(14-8-2-5-11-17(14)23(35)29(41)26(38)20(11)32)15-9-3-6-12-18(15)24(36)30(42)27(39)21(12)33/h1-9H. The van der Waals surface area contributed by atoms with Gasteiger partial charge in [0.15, 0.2) is 69.8 Å². The van der Waals surface area contributed by atoms with Crippen LogP contribution in [0.5, 0.6) is 0 Å². The number of halogens is 12. The summed E-state index contributed by atoms with van der Waals surface area (Å²) >= 11 is 0. The molecule has 0 fully saturated rings. The Morgan fingerprint density at radius 3 is 0.767 bits per heavy atom. The van der Waals surface area contributed by atoms with Gasteiger partial charge in [-0.1, -0.05) is 54.6 Å². The number of hydrogen-bond acceptors (Lipinski definition) is 0. The first-order chi connectivity index (χ1) is 20.4. The van der Waals surface area contributed by atoms with Crippen molar-refractivity contribution in [2.75, 3.05) is 0 Å². The van der Waals surface area contributed by atoms with Crippen molar-refractivity contribution in [1.29, 1.82) is 0 Å². The summed E-state index contributed by atoms with van der Waals surface area (Å²) < 4.78 is 177. The maximum Gasteiger partial charge on any atom is 0.198 e. The summed E-state index contributed by atoms with van der Waals surface area (Å²) in [5, 5.41) is -7.22. The number of hydrogen-bond donors (Lipinski definition) is 0. The molecular formula is C30H9F12P. The molecule has 0 bridgehead atoms. The fraction of sp³-hybridized carbons (Fsp3) is 0. The van der Waals surface area contributed by atoms with Crippen molar-refractivity contribution < 1.29 is 52.7 Å². The Hall–Kier alpha value is -4.31. The van der Waals surface area contributed by atoms with E-state index in [4.69, 9.17) is 0 Å². The van der Waals surface area contributed by atoms with Crippen LogP contribution in [0.1, 0.15) is 0 Å². The SMILES string of the molecule is Fc1c(F)c(F)c2c(P(c3cccc4c(F)c(F)c(F)c(F)c34)c3cccc4c(F)c(F)c(F)c(F)c34)cccc2c1F. The molecule has 0 spiro atoms. The van der Waals surface area contributed by atoms with E-state index in [0.29, 0.717) is 0 Å². The van der Waals surface area contributed by atoms with Crippen LogP contribution < -0.4 is 15.9 Å². The van der Waals surface area contributed by atoms with Gasteiger partial charge in [0, 0.05) is 32.3 Å². The van der Waals surface area contributed by atoms with Crippen molar-refractivity contribution in [2.45, 2.75) is 0 Å². The van der Waals surface area contributed by atoms with Crippen molar-refractivity contribution in [3.05, 3.63) is 124 Å². The Kier molecular flexibility index (Phi) is 6.80. The maximum atomic E-state index is 15.4. The van der Waals surface area contributed by atoms with Gasteiger partial charge in [-0.25, -0.2) is 52.7 Å². The second-order valence-electron chi connectivity index (χ2n) is 9.20. The predicted octanol–water partition coefficient (Wildman–Crippen LogP) is 8.57.